The number of rotatable bonds is 3. The second-order valence-corrected chi connectivity index (χ2v) is 7.77. The summed E-state index contributed by atoms with van der Waals surface area (Å²) in [6.45, 7) is 6.02. The Balaban J connectivity index is 1.70. The largest absolute Gasteiger partial charge is 0.367 e. The topological polar surface area (TPSA) is 38.2 Å². The van der Waals surface area contributed by atoms with Gasteiger partial charge in [-0.15, -0.1) is 11.3 Å². The standard InChI is InChI=1S/C17H19N3OS2/c1-3-13-6-14-16(18-10-19-17(14)23-13)20-7-11(2)21-15(8-20)12-4-5-22-9-12/h4-6,9-11,15H,3,7-8H2,1-2H3. The van der Waals surface area contributed by atoms with Crippen LogP contribution in [0.3, 0.4) is 0 Å². The average molecular weight is 345 g/mol. The van der Waals surface area contributed by atoms with Crippen molar-refractivity contribution in [1.29, 1.82) is 0 Å². The third-order valence-corrected chi connectivity index (χ3v) is 6.07. The molecule has 2 unspecified atom stereocenters. The first-order valence-electron chi connectivity index (χ1n) is 7.90. The third kappa shape index (κ3) is 2.86. The zero-order valence-electron chi connectivity index (χ0n) is 13.2. The van der Waals surface area contributed by atoms with E-state index in [4.69, 9.17) is 4.74 Å². The summed E-state index contributed by atoms with van der Waals surface area (Å²) < 4.78 is 6.15. The molecule has 6 heteroatoms. The lowest BCUT2D eigenvalue weighted by molar-refractivity contribution is -0.0173. The lowest BCUT2D eigenvalue weighted by Crippen LogP contribution is -2.43. The molecule has 1 saturated heterocycles. The second kappa shape index (κ2) is 6.19. The van der Waals surface area contributed by atoms with Gasteiger partial charge in [0.1, 0.15) is 23.1 Å². The van der Waals surface area contributed by atoms with Crippen LogP contribution in [0.4, 0.5) is 5.82 Å². The summed E-state index contributed by atoms with van der Waals surface area (Å²) in [4.78, 5) is 13.8. The summed E-state index contributed by atoms with van der Waals surface area (Å²) in [7, 11) is 0. The van der Waals surface area contributed by atoms with Crippen molar-refractivity contribution in [2.24, 2.45) is 0 Å². The van der Waals surface area contributed by atoms with Crippen LogP contribution in [0.2, 0.25) is 0 Å². The van der Waals surface area contributed by atoms with Crippen LogP contribution in [-0.4, -0.2) is 29.2 Å². The number of morpholine rings is 1. The molecule has 0 radical (unpaired) electrons. The number of ether oxygens (including phenoxy) is 1. The van der Waals surface area contributed by atoms with Gasteiger partial charge in [0, 0.05) is 18.0 Å². The first-order chi connectivity index (χ1) is 11.2. The van der Waals surface area contributed by atoms with E-state index in [0.717, 1.165) is 30.2 Å². The van der Waals surface area contributed by atoms with Gasteiger partial charge in [0.05, 0.1) is 11.5 Å². The molecule has 3 aromatic rings. The molecular formula is C17H19N3OS2. The number of aromatic nitrogens is 2. The van der Waals surface area contributed by atoms with Gasteiger partial charge in [-0.25, -0.2) is 9.97 Å². The number of fused-ring (bicyclic) bond motifs is 1. The number of hydrogen-bond donors (Lipinski definition) is 0. The molecule has 0 spiro atoms. The number of anilines is 1. The Labute approximate surface area is 143 Å². The van der Waals surface area contributed by atoms with E-state index in [0.29, 0.717) is 0 Å². The summed E-state index contributed by atoms with van der Waals surface area (Å²) in [5, 5.41) is 5.46. The van der Waals surface area contributed by atoms with Crippen molar-refractivity contribution in [2.45, 2.75) is 32.5 Å². The van der Waals surface area contributed by atoms with Gasteiger partial charge in [-0.1, -0.05) is 6.92 Å². The van der Waals surface area contributed by atoms with Crippen LogP contribution in [0.5, 0.6) is 0 Å². The molecule has 0 N–H and O–H groups in total. The van der Waals surface area contributed by atoms with Gasteiger partial charge in [0.15, 0.2) is 0 Å². The number of aryl methyl sites for hydroxylation is 1. The molecule has 0 amide bonds. The zero-order valence-corrected chi connectivity index (χ0v) is 14.9. The lowest BCUT2D eigenvalue weighted by atomic mass is 10.1. The van der Waals surface area contributed by atoms with E-state index >= 15 is 0 Å². The Morgan fingerprint density at radius 2 is 2.26 bits per heavy atom. The van der Waals surface area contributed by atoms with E-state index in [-0.39, 0.29) is 12.2 Å². The Kier molecular flexibility index (Phi) is 4.05. The van der Waals surface area contributed by atoms with E-state index in [1.54, 1.807) is 29.0 Å². The Morgan fingerprint density at radius 1 is 1.35 bits per heavy atom. The van der Waals surface area contributed by atoms with Crippen LogP contribution in [0.15, 0.2) is 29.2 Å². The van der Waals surface area contributed by atoms with Gasteiger partial charge in [-0.05, 0) is 41.8 Å². The first kappa shape index (κ1) is 15.1. The molecule has 0 aromatic carbocycles. The van der Waals surface area contributed by atoms with Crippen LogP contribution >= 0.6 is 22.7 Å². The fraction of sp³-hybridized carbons (Fsp3) is 0.412. The van der Waals surface area contributed by atoms with Gasteiger partial charge in [0.25, 0.3) is 0 Å². The van der Waals surface area contributed by atoms with Gasteiger partial charge < -0.3 is 9.64 Å². The molecule has 0 bridgehead atoms. The minimum absolute atomic E-state index is 0.110. The molecule has 0 saturated carbocycles. The zero-order chi connectivity index (χ0) is 15.8. The molecule has 1 aliphatic rings. The number of nitrogens with zero attached hydrogens (tertiary/aromatic N) is 3. The van der Waals surface area contributed by atoms with Crippen molar-refractivity contribution < 1.29 is 4.74 Å². The highest BCUT2D eigenvalue weighted by atomic mass is 32.1. The van der Waals surface area contributed by atoms with Crippen LogP contribution in [0.25, 0.3) is 10.2 Å². The fourth-order valence-corrected chi connectivity index (χ4v) is 4.72. The van der Waals surface area contributed by atoms with E-state index in [1.165, 1.54) is 15.8 Å². The normalized spacial score (nSPS) is 21.9. The molecule has 120 valence electrons. The summed E-state index contributed by atoms with van der Waals surface area (Å²) in [6.07, 6.45) is 3.02. The third-order valence-electron chi connectivity index (χ3n) is 4.18. The second-order valence-electron chi connectivity index (χ2n) is 5.88. The average Bonchev–Trinajstić information content (AvgIpc) is 3.22. The number of hydrogen-bond acceptors (Lipinski definition) is 6. The Hall–Kier alpha value is -1.50. The number of thiophene rings is 2. The molecule has 1 aliphatic heterocycles. The molecule has 4 rings (SSSR count). The van der Waals surface area contributed by atoms with Gasteiger partial charge in [-0.3, -0.25) is 0 Å². The summed E-state index contributed by atoms with van der Waals surface area (Å²) in [5.74, 6) is 1.04. The highest BCUT2D eigenvalue weighted by Gasteiger charge is 2.28. The van der Waals surface area contributed by atoms with E-state index in [2.05, 4.69) is 51.6 Å². The van der Waals surface area contributed by atoms with Crippen molar-refractivity contribution in [3.8, 4) is 0 Å². The predicted octanol–water partition coefficient (Wildman–Crippen LogP) is 4.28. The predicted molar refractivity (Wildman–Crippen MR) is 96.6 cm³/mol. The van der Waals surface area contributed by atoms with Crippen molar-refractivity contribution in [3.63, 3.8) is 0 Å². The quantitative estimate of drug-likeness (QED) is 0.710. The Bertz CT molecular complexity index is 799. The summed E-state index contributed by atoms with van der Waals surface area (Å²) in [5.41, 5.74) is 1.26. The lowest BCUT2D eigenvalue weighted by Gasteiger charge is -2.37. The maximum atomic E-state index is 6.15. The minimum atomic E-state index is 0.110. The molecule has 23 heavy (non-hydrogen) atoms. The first-order valence-corrected chi connectivity index (χ1v) is 9.66. The van der Waals surface area contributed by atoms with E-state index < -0.39 is 0 Å². The van der Waals surface area contributed by atoms with Crippen molar-refractivity contribution in [3.05, 3.63) is 39.7 Å². The fourth-order valence-electron chi connectivity index (χ4n) is 3.09. The highest BCUT2D eigenvalue weighted by Crippen LogP contribution is 2.34. The molecule has 1 fully saturated rings. The van der Waals surface area contributed by atoms with Gasteiger partial charge in [-0.2, -0.15) is 11.3 Å². The van der Waals surface area contributed by atoms with Crippen LogP contribution in [-0.2, 0) is 11.2 Å². The SMILES string of the molecule is CCc1cc2c(N3CC(C)OC(c4ccsc4)C3)ncnc2s1. The van der Waals surface area contributed by atoms with E-state index in [1.807, 2.05) is 0 Å². The van der Waals surface area contributed by atoms with Crippen LogP contribution in [0, 0.1) is 0 Å². The van der Waals surface area contributed by atoms with E-state index in [9.17, 15) is 0 Å². The molecular weight excluding hydrogens is 326 g/mol. The van der Waals surface area contributed by atoms with Crippen LogP contribution in [0.1, 0.15) is 30.4 Å². The molecule has 2 atom stereocenters. The molecule has 4 nitrogen and oxygen atoms in total. The molecule has 3 aromatic heterocycles. The van der Waals surface area contributed by atoms with Crippen molar-refractivity contribution >= 4 is 38.7 Å². The summed E-state index contributed by atoms with van der Waals surface area (Å²) in [6, 6.07) is 4.40. The smallest absolute Gasteiger partial charge is 0.140 e. The Morgan fingerprint density at radius 3 is 3.04 bits per heavy atom. The maximum Gasteiger partial charge on any atom is 0.140 e. The van der Waals surface area contributed by atoms with Crippen molar-refractivity contribution in [1.82, 2.24) is 9.97 Å². The molecule has 0 aliphatic carbocycles. The van der Waals surface area contributed by atoms with Gasteiger partial charge >= 0.3 is 0 Å². The monoisotopic (exact) mass is 345 g/mol. The van der Waals surface area contributed by atoms with Crippen LogP contribution < -0.4 is 4.90 Å². The molecule has 4 heterocycles. The maximum absolute atomic E-state index is 6.15. The minimum Gasteiger partial charge on any atom is -0.367 e. The van der Waals surface area contributed by atoms with Crippen molar-refractivity contribution in [2.75, 3.05) is 18.0 Å². The highest BCUT2D eigenvalue weighted by molar-refractivity contribution is 7.18. The summed E-state index contributed by atoms with van der Waals surface area (Å²) >= 11 is 3.49. The van der Waals surface area contributed by atoms with Gasteiger partial charge in [0.2, 0.25) is 0 Å².